The van der Waals surface area contributed by atoms with Crippen molar-refractivity contribution in [2.45, 2.75) is 51.1 Å². The SMILES string of the molecule is FC(F)(F)C1CCN(CCNCC2CCCCC2)CC1. The van der Waals surface area contributed by atoms with E-state index in [9.17, 15) is 13.2 Å². The third-order valence-electron chi connectivity index (χ3n) is 4.81. The highest BCUT2D eigenvalue weighted by Gasteiger charge is 2.40. The van der Waals surface area contributed by atoms with Gasteiger partial charge in [-0.3, -0.25) is 0 Å². The molecule has 5 heteroatoms. The largest absolute Gasteiger partial charge is 0.391 e. The molecule has 20 heavy (non-hydrogen) atoms. The molecule has 0 atom stereocenters. The maximum absolute atomic E-state index is 12.5. The molecule has 0 unspecified atom stereocenters. The predicted molar refractivity (Wildman–Crippen MR) is 74.7 cm³/mol. The smallest absolute Gasteiger partial charge is 0.315 e. The molecular formula is C15H27F3N2. The Hall–Kier alpha value is -0.290. The van der Waals surface area contributed by atoms with Gasteiger partial charge in [-0.2, -0.15) is 13.2 Å². The topological polar surface area (TPSA) is 15.3 Å². The van der Waals surface area contributed by atoms with Crippen molar-refractivity contribution in [3.8, 4) is 0 Å². The van der Waals surface area contributed by atoms with Crippen LogP contribution in [0, 0.1) is 11.8 Å². The maximum atomic E-state index is 12.5. The van der Waals surface area contributed by atoms with Gasteiger partial charge in [0.25, 0.3) is 0 Å². The summed E-state index contributed by atoms with van der Waals surface area (Å²) in [7, 11) is 0. The Kier molecular flexibility index (Phi) is 6.15. The number of nitrogens with zero attached hydrogens (tertiary/aromatic N) is 1. The second-order valence-corrected chi connectivity index (χ2v) is 6.37. The summed E-state index contributed by atoms with van der Waals surface area (Å²) in [6.07, 6.45) is 3.32. The van der Waals surface area contributed by atoms with Gasteiger partial charge in [-0.25, -0.2) is 0 Å². The lowest BCUT2D eigenvalue weighted by Gasteiger charge is -2.33. The van der Waals surface area contributed by atoms with Crippen LogP contribution in [0.5, 0.6) is 0 Å². The van der Waals surface area contributed by atoms with Gasteiger partial charge in [0.05, 0.1) is 5.92 Å². The summed E-state index contributed by atoms with van der Waals surface area (Å²) in [6, 6.07) is 0. The fourth-order valence-electron chi connectivity index (χ4n) is 3.42. The van der Waals surface area contributed by atoms with Crippen LogP contribution >= 0.6 is 0 Å². The van der Waals surface area contributed by atoms with Crippen LogP contribution in [0.15, 0.2) is 0 Å². The number of rotatable bonds is 5. The number of halogens is 3. The zero-order valence-corrected chi connectivity index (χ0v) is 12.2. The van der Waals surface area contributed by atoms with Gasteiger partial charge in [-0.05, 0) is 51.2 Å². The van der Waals surface area contributed by atoms with Gasteiger partial charge in [-0.15, -0.1) is 0 Å². The second-order valence-electron chi connectivity index (χ2n) is 6.37. The van der Waals surface area contributed by atoms with Crippen molar-refractivity contribution in [3.05, 3.63) is 0 Å². The third kappa shape index (κ3) is 5.24. The monoisotopic (exact) mass is 292 g/mol. The van der Waals surface area contributed by atoms with Crippen LogP contribution in [-0.2, 0) is 0 Å². The summed E-state index contributed by atoms with van der Waals surface area (Å²) in [4.78, 5) is 2.16. The average molecular weight is 292 g/mol. The number of hydrogen-bond donors (Lipinski definition) is 1. The molecular weight excluding hydrogens is 265 g/mol. The lowest BCUT2D eigenvalue weighted by atomic mass is 9.89. The summed E-state index contributed by atoms with van der Waals surface area (Å²) in [5, 5.41) is 3.48. The van der Waals surface area contributed by atoms with Crippen LogP contribution in [0.3, 0.4) is 0 Å². The summed E-state index contributed by atoms with van der Waals surface area (Å²) in [5.41, 5.74) is 0. The first-order chi connectivity index (χ1) is 9.55. The van der Waals surface area contributed by atoms with Crippen molar-refractivity contribution >= 4 is 0 Å². The molecule has 2 nitrogen and oxygen atoms in total. The molecule has 1 N–H and O–H groups in total. The zero-order valence-electron chi connectivity index (χ0n) is 12.2. The van der Waals surface area contributed by atoms with Crippen molar-refractivity contribution in [3.63, 3.8) is 0 Å². The van der Waals surface area contributed by atoms with E-state index < -0.39 is 12.1 Å². The Morgan fingerprint density at radius 2 is 1.60 bits per heavy atom. The molecule has 0 radical (unpaired) electrons. The first-order valence-corrected chi connectivity index (χ1v) is 8.05. The van der Waals surface area contributed by atoms with Crippen molar-refractivity contribution < 1.29 is 13.2 Å². The molecule has 1 aliphatic heterocycles. The Balaban J connectivity index is 1.53. The molecule has 0 spiro atoms. The molecule has 1 saturated heterocycles. The molecule has 2 fully saturated rings. The first kappa shape index (κ1) is 16.1. The second kappa shape index (κ2) is 7.64. The van der Waals surface area contributed by atoms with E-state index in [-0.39, 0.29) is 12.8 Å². The van der Waals surface area contributed by atoms with Crippen LogP contribution in [0.1, 0.15) is 44.9 Å². The van der Waals surface area contributed by atoms with E-state index in [4.69, 9.17) is 0 Å². The average Bonchev–Trinajstić information content (AvgIpc) is 2.44. The van der Waals surface area contributed by atoms with Gasteiger partial charge in [0.15, 0.2) is 0 Å². The van der Waals surface area contributed by atoms with Crippen LogP contribution in [0.4, 0.5) is 13.2 Å². The van der Waals surface area contributed by atoms with E-state index in [1.807, 2.05) is 0 Å². The van der Waals surface area contributed by atoms with Crippen LogP contribution < -0.4 is 5.32 Å². The molecule has 0 bridgehead atoms. The lowest BCUT2D eigenvalue weighted by Crippen LogP contribution is -2.42. The molecule has 2 aliphatic rings. The Morgan fingerprint density at radius 1 is 0.950 bits per heavy atom. The van der Waals surface area contributed by atoms with E-state index in [0.717, 1.165) is 25.6 Å². The molecule has 1 saturated carbocycles. The maximum Gasteiger partial charge on any atom is 0.391 e. The summed E-state index contributed by atoms with van der Waals surface area (Å²) >= 11 is 0. The summed E-state index contributed by atoms with van der Waals surface area (Å²) in [5.74, 6) is -0.256. The van der Waals surface area contributed by atoms with Gasteiger partial charge < -0.3 is 10.2 Å². The molecule has 2 rings (SSSR count). The zero-order chi connectivity index (χ0) is 14.4. The highest BCUT2D eigenvalue weighted by molar-refractivity contribution is 4.77. The molecule has 1 aliphatic carbocycles. The Morgan fingerprint density at radius 3 is 2.20 bits per heavy atom. The summed E-state index contributed by atoms with van der Waals surface area (Å²) in [6.45, 7) is 4.06. The fourth-order valence-corrected chi connectivity index (χ4v) is 3.42. The van der Waals surface area contributed by atoms with Crippen molar-refractivity contribution in [2.24, 2.45) is 11.8 Å². The Bertz CT molecular complexity index is 267. The molecule has 0 aromatic carbocycles. The minimum atomic E-state index is -3.99. The van der Waals surface area contributed by atoms with Gasteiger partial charge in [0.1, 0.15) is 0 Å². The fraction of sp³-hybridized carbons (Fsp3) is 1.00. The van der Waals surface area contributed by atoms with Gasteiger partial charge >= 0.3 is 6.18 Å². The van der Waals surface area contributed by atoms with Gasteiger partial charge in [0, 0.05) is 13.1 Å². The number of alkyl halides is 3. The molecule has 118 valence electrons. The van der Waals surface area contributed by atoms with Crippen molar-refractivity contribution in [1.29, 1.82) is 0 Å². The van der Waals surface area contributed by atoms with Crippen LogP contribution in [0.2, 0.25) is 0 Å². The minimum absolute atomic E-state index is 0.270. The van der Waals surface area contributed by atoms with Crippen molar-refractivity contribution in [2.75, 3.05) is 32.7 Å². The highest BCUT2D eigenvalue weighted by Crippen LogP contribution is 2.33. The van der Waals surface area contributed by atoms with E-state index in [1.54, 1.807) is 0 Å². The number of piperidine rings is 1. The predicted octanol–water partition coefficient (Wildman–Crippen LogP) is 3.43. The van der Waals surface area contributed by atoms with Crippen LogP contribution in [-0.4, -0.2) is 43.8 Å². The molecule has 0 amide bonds. The molecule has 0 aromatic heterocycles. The van der Waals surface area contributed by atoms with E-state index in [0.29, 0.717) is 13.1 Å². The lowest BCUT2D eigenvalue weighted by molar-refractivity contribution is -0.184. The van der Waals surface area contributed by atoms with E-state index in [1.165, 1.54) is 32.1 Å². The van der Waals surface area contributed by atoms with Gasteiger partial charge in [-0.1, -0.05) is 19.3 Å². The molecule has 0 aromatic rings. The standard InChI is InChI=1S/C15H27F3N2/c16-15(17,18)14-6-9-20(10-7-14)11-8-19-12-13-4-2-1-3-5-13/h13-14,19H,1-12H2. The number of nitrogens with one attached hydrogen (secondary N) is 1. The first-order valence-electron chi connectivity index (χ1n) is 8.05. The quantitative estimate of drug-likeness (QED) is 0.781. The van der Waals surface area contributed by atoms with Crippen LogP contribution in [0.25, 0.3) is 0 Å². The van der Waals surface area contributed by atoms with E-state index in [2.05, 4.69) is 10.2 Å². The van der Waals surface area contributed by atoms with Gasteiger partial charge in [0.2, 0.25) is 0 Å². The number of hydrogen-bond acceptors (Lipinski definition) is 2. The normalized spacial score (nSPS) is 24.1. The number of likely N-dealkylation sites (tertiary alicyclic amines) is 1. The highest BCUT2D eigenvalue weighted by atomic mass is 19.4. The summed E-state index contributed by atoms with van der Waals surface area (Å²) < 4.78 is 37.6. The molecule has 1 heterocycles. The van der Waals surface area contributed by atoms with E-state index >= 15 is 0 Å². The van der Waals surface area contributed by atoms with Crippen molar-refractivity contribution in [1.82, 2.24) is 10.2 Å². The third-order valence-corrected chi connectivity index (χ3v) is 4.81. The Labute approximate surface area is 120 Å². The minimum Gasteiger partial charge on any atom is -0.315 e.